The van der Waals surface area contributed by atoms with Crippen molar-refractivity contribution in [1.82, 2.24) is 20.0 Å². The van der Waals surface area contributed by atoms with Gasteiger partial charge in [0.05, 0.1) is 6.20 Å². The van der Waals surface area contributed by atoms with Gasteiger partial charge in [-0.15, -0.1) is 0 Å². The third-order valence-electron chi connectivity index (χ3n) is 4.50. The second-order valence-electron chi connectivity index (χ2n) is 7.16. The lowest BCUT2D eigenvalue weighted by molar-refractivity contribution is 0.0846. The summed E-state index contributed by atoms with van der Waals surface area (Å²) in [6, 6.07) is 1.25. The van der Waals surface area contributed by atoms with Gasteiger partial charge in [-0.3, -0.25) is 9.58 Å². The lowest BCUT2D eigenvalue weighted by Crippen LogP contribution is -2.60. The summed E-state index contributed by atoms with van der Waals surface area (Å²) < 4.78 is 1.89. The topological polar surface area (TPSA) is 33.1 Å². The molecule has 0 aromatic carbocycles. The maximum atomic E-state index is 4.26. The summed E-state index contributed by atoms with van der Waals surface area (Å²) in [5.41, 5.74) is 1.67. The van der Waals surface area contributed by atoms with E-state index in [2.05, 4.69) is 49.2 Å². The number of aryl methyl sites for hydroxylation is 1. The second-order valence-corrected chi connectivity index (χ2v) is 7.16. The van der Waals surface area contributed by atoms with E-state index in [9.17, 15) is 0 Å². The first-order chi connectivity index (χ1) is 9.40. The minimum atomic E-state index is 0.325. The van der Waals surface area contributed by atoms with Crippen LogP contribution >= 0.6 is 0 Å². The molecule has 1 saturated heterocycles. The highest BCUT2D eigenvalue weighted by Crippen LogP contribution is 2.24. The van der Waals surface area contributed by atoms with Crippen LogP contribution in [0.5, 0.6) is 0 Å². The first-order valence-corrected chi connectivity index (χ1v) is 7.85. The minimum Gasteiger partial charge on any atom is -0.311 e. The van der Waals surface area contributed by atoms with E-state index < -0.39 is 0 Å². The van der Waals surface area contributed by atoms with Gasteiger partial charge in [-0.2, -0.15) is 5.10 Å². The zero-order chi connectivity index (χ0) is 14.8. The summed E-state index contributed by atoms with van der Waals surface area (Å²) in [4.78, 5) is 2.67. The Morgan fingerprint density at radius 3 is 2.70 bits per heavy atom. The summed E-state index contributed by atoms with van der Waals surface area (Å²) in [7, 11) is 1.98. The minimum absolute atomic E-state index is 0.325. The van der Waals surface area contributed by atoms with Crippen LogP contribution in [0.1, 0.15) is 39.7 Å². The fourth-order valence-corrected chi connectivity index (χ4v) is 2.99. The van der Waals surface area contributed by atoms with Gasteiger partial charge in [0.1, 0.15) is 0 Å². The average molecular weight is 278 g/mol. The lowest BCUT2D eigenvalue weighted by atomic mass is 9.84. The molecule has 0 aliphatic carbocycles. The van der Waals surface area contributed by atoms with Crippen molar-refractivity contribution in [2.24, 2.45) is 12.5 Å². The molecule has 1 fully saturated rings. The van der Waals surface area contributed by atoms with Crippen LogP contribution in [0.25, 0.3) is 0 Å². The quantitative estimate of drug-likeness (QED) is 0.915. The van der Waals surface area contributed by atoms with Crippen molar-refractivity contribution in [1.29, 1.82) is 0 Å². The lowest BCUT2D eigenvalue weighted by Gasteiger charge is -2.45. The number of aromatic nitrogens is 2. The second kappa shape index (κ2) is 6.27. The molecule has 0 saturated carbocycles. The van der Waals surface area contributed by atoms with Gasteiger partial charge in [0.15, 0.2) is 0 Å². The van der Waals surface area contributed by atoms with Gasteiger partial charge >= 0.3 is 0 Å². The Kier molecular flexibility index (Phi) is 4.86. The van der Waals surface area contributed by atoms with E-state index in [1.165, 1.54) is 12.0 Å². The van der Waals surface area contributed by atoms with Crippen LogP contribution in [-0.4, -0.2) is 46.4 Å². The molecule has 2 heterocycles. The van der Waals surface area contributed by atoms with E-state index in [0.717, 1.165) is 26.1 Å². The highest BCUT2D eigenvalue weighted by Gasteiger charge is 2.32. The molecule has 0 spiro atoms. The Morgan fingerprint density at radius 2 is 2.15 bits per heavy atom. The third kappa shape index (κ3) is 3.83. The van der Waals surface area contributed by atoms with Crippen molar-refractivity contribution in [3.63, 3.8) is 0 Å². The number of hydrogen-bond acceptors (Lipinski definition) is 3. The first-order valence-electron chi connectivity index (χ1n) is 7.85. The zero-order valence-corrected chi connectivity index (χ0v) is 13.7. The van der Waals surface area contributed by atoms with Crippen molar-refractivity contribution >= 4 is 0 Å². The number of piperazine rings is 1. The Hall–Kier alpha value is -0.870. The predicted molar refractivity (Wildman–Crippen MR) is 83.8 cm³/mol. The maximum absolute atomic E-state index is 4.26. The number of nitrogens with zero attached hydrogens (tertiary/aromatic N) is 3. The summed E-state index contributed by atoms with van der Waals surface area (Å²) in [6.45, 7) is 12.7. The molecule has 2 unspecified atom stereocenters. The Labute approximate surface area is 123 Å². The zero-order valence-electron chi connectivity index (χ0n) is 13.7. The molecule has 0 bridgehead atoms. The molecule has 2 atom stereocenters. The van der Waals surface area contributed by atoms with Gasteiger partial charge in [-0.05, 0) is 23.8 Å². The van der Waals surface area contributed by atoms with E-state index in [-0.39, 0.29) is 0 Å². The Balaban J connectivity index is 1.95. The monoisotopic (exact) mass is 278 g/mol. The van der Waals surface area contributed by atoms with E-state index in [1.54, 1.807) is 0 Å². The van der Waals surface area contributed by atoms with Crippen LogP contribution in [0.2, 0.25) is 0 Å². The molecule has 1 aromatic rings. The van der Waals surface area contributed by atoms with Gasteiger partial charge in [-0.25, -0.2) is 0 Å². The molecular weight excluding hydrogens is 248 g/mol. The number of nitrogens with one attached hydrogen (secondary N) is 1. The molecule has 1 aliphatic heterocycles. The molecule has 1 N–H and O–H groups in total. The first kappa shape index (κ1) is 15.5. The molecule has 4 nitrogen and oxygen atoms in total. The van der Waals surface area contributed by atoms with Crippen LogP contribution in [0.3, 0.4) is 0 Å². The normalized spacial score (nSPS) is 25.1. The molecular formula is C16H30N4. The van der Waals surface area contributed by atoms with Crippen molar-refractivity contribution < 1.29 is 0 Å². The largest absolute Gasteiger partial charge is 0.311 e. The van der Waals surface area contributed by atoms with E-state index in [1.807, 2.05) is 17.9 Å². The number of hydrogen-bond donors (Lipinski definition) is 1. The molecule has 114 valence electrons. The predicted octanol–water partition coefficient (Wildman–Crippen LogP) is 2.06. The van der Waals surface area contributed by atoms with Crippen molar-refractivity contribution in [3.8, 4) is 0 Å². The van der Waals surface area contributed by atoms with Crippen LogP contribution in [-0.2, 0) is 13.5 Å². The molecule has 1 aromatic heterocycles. The molecule has 2 rings (SSSR count). The van der Waals surface area contributed by atoms with Gasteiger partial charge in [0.2, 0.25) is 0 Å². The van der Waals surface area contributed by atoms with E-state index in [4.69, 9.17) is 0 Å². The Bertz CT molecular complexity index is 418. The van der Waals surface area contributed by atoms with E-state index >= 15 is 0 Å². The summed E-state index contributed by atoms with van der Waals surface area (Å²) in [6.07, 6.45) is 6.44. The van der Waals surface area contributed by atoms with Gasteiger partial charge in [0.25, 0.3) is 0 Å². The highest BCUT2D eigenvalue weighted by atomic mass is 15.2. The molecule has 0 radical (unpaired) electrons. The molecule has 1 aliphatic rings. The smallest absolute Gasteiger partial charge is 0.0522 e. The van der Waals surface area contributed by atoms with Gasteiger partial charge in [0, 0.05) is 45.0 Å². The SMILES string of the molecule is CCC1CNC(C(C)(C)C)CN1CCc1cnn(C)c1. The van der Waals surface area contributed by atoms with Crippen molar-refractivity contribution in [2.75, 3.05) is 19.6 Å². The summed E-state index contributed by atoms with van der Waals surface area (Å²) >= 11 is 0. The van der Waals surface area contributed by atoms with Crippen LogP contribution in [0.4, 0.5) is 0 Å². The van der Waals surface area contributed by atoms with E-state index in [0.29, 0.717) is 17.5 Å². The van der Waals surface area contributed by atoms with Crippen LogP contribution in [0, 0.1) is 5.41 Å². The molecule has 20 heavy (non-hydrogen) atoms. The maximum Gasteiger partial charge on any atom is 0.0522 e. The van der Waals surface area contributed by atoms with Crippen LogP contribution < -0.4 is 5.32 Å². The van der Waals surface area contributed by atoms with Gasteiger partial charge in [-0.1, -0.05) is 27.7 Å². The molecule has 4 heteroatoms. The van der Waals surface area contributed by atoms with Gasteiger partial charge < -0.3 is 5.32 Å². The van der Waals surface area contributed by atoms with Crippen molar-refractivity contribution in [3.05, 3.63) is 18.0 Å². The Morgan fingerprint density at radius 1 is 1.40 bits per heavy atom. The fraction of sp³-hybridized carbons (Fsp3) is 0.812. The van der Waals surface area contributed by atoms with Crippen LogP contribution in [0.15, 0.2) is 12.4 Å². The summed E-state index contributed by atoms with van der Waals surface area (Å²) in [5.74, 6) is 0. The average Bonchev–Trinajstić information content (AvgIpc) is 2.80. The number of rotatable bonds is 4. The highest BCUT2D eigenvalue weighted by molar-refractivity contribution is 5.04. The molecule has 0 amide bonds. The summed E-state index contributed by atoms with van der Waals surface area (Å²) in [5, 5.41) is 7.99. The van der Waals surface area contributed by atoms with Crippen molar-refractivity contribution in [2.45, 2.75) is 52.6 Å². The standard InChI is InChI=1S/C16H30N4/c1-6-14-10-17-15(16(2,3)4)12-20(14)8-7-13-9-18-19(5)11-13/h9,11,14-15,17H,6-8,10,12H2,1-5H3. The fourth-order valence-electron chi connectivity index (χ4n) is 2.99. The third-order valence-corrected chi connectivity index (χ3v) is 4.50.